The van der Waals surface area contributed by atoms with E-state index in [0.29, 0.717) is 6.04 Å². The van der Waals surface area contributed by atoms with Crippen LogP contribution in [0.25, 0.3) is 5.82 Å². The number of nitrogens with one attached hydrogen (secondary N) is 1. The van der Waals surface area contributed by atoms with Crippen molar-refractivity contribution in [1.82, 2.24) is 19.7 Å². The number of aromatic nitrogens is 4. The van der Waals surface area contributed by atoms with E-state index in [1.165, 1.54) is 25.6 Å². The molecule has 1 saturated carbocycles. The molecule has 0 aromatic carbocycles. The summed E-state index contributed by atoms with van der Waals surface area (Å²) < 4.78 is 1.66. The Balaban J connectivity index is 1.66. The molecule has 1 aliphatic rings. The van der Waals surface area contributed by atoms with Crippen molar-refractivity contribution in [2.75, 3.05) is 5.32 Å². The number of pyridine rings is 1. The third kappa shape index (κ3) is 2.98. The molecule has 1 aliphatic carbocycles. The van der Waals surface area contributed by atoms with E-state index < -0.39 is 0 Å². The van der Waals surface area contributed by atoms with Gasteiger partial charge in [-0.3, -0.25) is 0 Å². The number of anilines is 1. The van der Waals surface area contributed by atoms with Crippen LogP contribution in [0.15, 0.2) is 31.0 Å². The van der Waals surface area contributed by atoms with Gasteiger partial charge >= 0.3 is 0 Å². The maximum atomic E-state index is 4.42. The highest BCUT2D eigenvalue weighted by Gasteiger charge is 2.23. The van der Waals surface area contributed by atoms with E-state index in [-0.39, 0.29) is 0 Å². The summed E-state index contributed by atoms with van der Waals surface area (Å²) in [5, 5.41) is 7.68. The van der Waals surface area contributed by atoms with Crippen molar-refractivity contribution in [3.05, 3.63) is 31.0 Å². The molecule has 2 unspecified atom stereocenters. The molecule has 0 bridgehead atoms. The van der Waals surface area contributed by atoms with Gasteiger partial charge in [0.2, 0.25) is 0 Å². The fourth-order valence-corrected chi connectivity index (χ4v) is 3.23. The summed E-state index contributed by atoms with van der Waals surface area (Å²) in [7, 11) is 0. The number of hydrogen-bond acceptors (Lipinski definition) is 4. The standard InChI is InChI=1S/C15H21N5/c1-11-5-12(2)7-14(6-11)19-13-3-4-15(17-8-13)20-10-16-9-18-20/h3-4,8-12,14,19H,5-7H2,1-2H3. The van der Waals surface area contributed by atoms with E-state index in [9.17, 15) is 0 Å². The highest BCUT2D eigenvalue weighted by Crippen LogP contribution is 2.30. The monoisotopic (exact) mass is 271 g/mol. The zero-order valence-electron chi connectivity index (χ0n) is 12.0. The molecule has 0 amide bonds. The first kappa shape index (κ1) is 13.1. The van der Waals surface area contributed by atoms with Crippen molar-refractivity contribution in [1.29, 1.82) is 0 Å². The number of rotatable bonds is 3. The lowest BCUT2D eigenvalue weighted by molar-refractivity contribution is 0.281. The van der Waals surface area contributed by atoms with Gasteiger partial charge in [0, 0.05) is 6.04 Å². The van der Waals surface area contributed by atoms with Crippen LogP contribution in [0.3, 0.4) is 0 Å². The molecule has 3 rings (SSSR count). The highest BCUT2D eigenvalue weighted by molar-refractivity contribution is 5.44. The van der Waals surface area contributed by atoms with Crippen LogP contribution in [0.4, 0.5) is 5.69 Å². The van der Waals surface area contributed by atoms with Gasteiger partial charge in [-0.1, -0.05) is 13.8 Å². The van der Waals surface area contributed by atoms with Crippen molar-refractivity contribution in [2.24, 2.45) is 11.8 Å². The van der Waals surface area contributed by atoms with Gasteiger partial charge in [-0.25, -0.2) is 14.6 Å². The largest absolute Gasteiger partial charge is 0.381 e. The smallest absolute Gasteiger partial charge is 0.155 e. The first-order chi connectivity index (χ1) is 9.70. The fraction of sp³-hybridized carbons (Fsp3) is 0.533. The second-order valence-electron chi connectivity index (χ2n) is 6.00. The van der Waals surface area contributed by atoms with E-state index >= 15 is 0 Å². The van der Waals surface area contributed by atoms with Crippen LogP contribution in [0, 0.1) is 11.8 Å². The lowest BCUT2D eigenvalue weighted by atomic mass is 9.80. The Morgan fingerprint density at radius 3 is 2.55 bits per heavy atom. The molecule has 2 atom stereocenters. The topological polar surface area (TPSA) is 55.6 Å². The van der Waals surface area contributed by atoms with Crippen LogP contribution >= 0.6 is 0 Å². The second-order valence-corrected chi connectivity index (χ2v) is 6.00. The van der Waals surface area contributed by atoms with Gasteiger partial charge in [-0.2, -0.15) is 5.10 Å². The molecular formula is C15H21N5. The summed E-state index contributed by atoms with van der Waals surface area (Å²) in [6.45, 7) is 4.69. The zero-order valence-corrected chi connectivity index (χ0v) is 12.0. The van der Waals surface area contributed by atoms with E-state index in [1.807, 2.05) is 12.3 Å². The van der Waals surface area contributed by atoms with Gasteiger partial charge in [-0.05, 0) is 43.2 Å². The predicted molar refractivity (Wildman–Crippen MR) is 78.7 cm³/mol. The SMILES string of the molecule is CC1CC(C)CC(Nc2ccc(-n3cncn3)nc2)C1. The van der Waals surface area contributed by atoms with Gasteiger partial charge in [0.05, 0.1) is 11.9 Å². The molecule has 5 heteroatoms. The number of hydrogen-bond donors (Lipinski definition) is 1. The van der Waals surface area contributed by atoms with Crippen LogP contribution in [0.1, 0.15) is 33.1 Å². The summed E-state index contributed by atoms with van der Waals surface area (Å²) in [6.07, 6.45) is 8.88. The first-order valence-electron chi connectivity index (χ1n) is 7.28. The molecule has 0 radical (unpaired) electrons. The predicted octanol–water partition coefficient (Wildman–Crippen LogP) is 2.90. The third-order valence-electron chi connectivity index (χ3n) is 3.95. The van der Waals surface area contributed by atoms with Crippen LogP contribution < -0.4 is 5.32 Å². The van der Waals surface area contributed by atoms with Crippen molar-refractivity contribution in [2.45, 2.75) is 39.2 Å². The zero-order chi connectivity index (χ0) is 13.9. The molecule has 106 valence electrons. The van der Waals surface area contributed by atoms with Crippen LogP contribution in [0.5, 0.6) is 0 Å². The summed E-state index contributed by atoms with van der Waals surface area (Å²) in [5.74, 6) is 2.40. The quantitative estimate of drug-likeness (QED) is 0.932. The Kier molecular flexibility index (Phi) is 3.67. The Bertz CT molecular complexity index is 524. The van der Waals surface area contributed by atoms with Gasteiger partial charge in [0.1, 0.15) is 12.7 Å². The van der Waals surface area contributed by atoms with E-state index in [1.54, 1.807) is 11.0 Å². The molecule has 0 aliphatic heterocycles. The van der Waals surface area contributed by atoms with Crippen LogP contribution in [0.2, 0.25) is 0 Å². The van der Waals surface area contributed by atoms with Gasteiger partial charge in [-0.15, -0.1) is 0 Å². The van der Waals surface area contributed by atoms with Crippen molar-refractivity contribution in [3.63, 3.8) is 0 Å². The minimum absolute atomic E-state index is 0.563. The van der Waals surface area contributed by atoms with E-state index in [4.69, 9.17) is 0 Å². The van der Waals surface area contributed by atoms with Gasteiger partial charge in [0.25, 0.3) is 0 Å². The molecule has 5 nitrogen and oxygen atoms in total. The maximum Gasteiger partial charge on any atom is 0.155 e. The second kappa shape index (κ2) is 5.61. The lowest BCUT2D eigenvalue weighted by Gasteiger charge is -2.32. The minimum atomic E-state index is 0.563. The van der Waals surface area contributed by atoms with Crippen molar-refractivity contribution >= 4 is 5.69 Å². The lowest BCUT2D eigenvalue weighted by Crippen LogP contribution is -2.30. The Morgan fingerprint density at radius 1 is 1.15 bits per heavy atom. The molecule has 2 aromatic heterocycles. The van der Waals surface area contributed by atoms with Gasteiger partial charge in [0.15, 0.2) is 5.82 Å². The van der Waals surface area contributed by atoms with Crippen molar-refractivity contribution < 1.29 is 0 Å². The average Bonchev–Trinajstić information content (AvgIpc) is 2.92. The molecule has 2 heterocycles. The molecule has 1 N–H and O–H groups in total. The highest BCUT2D eigenvalue weighted by atomic mass is 15.3. The normalized spacial score (nSPS) is 26.4. The Labute approximate surface area is 119 Å². The average molecular weight is 271 g/mol. The molecule has 0 saturated heterocycles. The van der Waals surface area contributed by atoms with Crippen LogP contribution in [-0.4, -0.2) is 25.8 Å². The van der Waals surface area contributed by atoms with Crippen LogP contribution in [-0.2, 0) is 0 Å². The van der Waals surface area contributed by atoms with Gasteiger partial charge < -0.3 is 5.32 Å². The fourth-order valence-electron chi connectivity index (χ4n) is 3.23. The maximum absolute atomic E-state index is 4.42. The summed E-state index contributed by atoms with van der Waals surface area (Å²) in [6, 6.07) is 4.59. The number of nitrogens with zero attached hydrogens (tertiary/aromatic N) is 4. The third-order valence-corrected chi connectivity index (χ3v) is 3.95. The van der Waals surface area contributed by atoms with E-state index in [2.05, 4.69) is 40.3 Å². The molecule has 0 spiro atoms. The Hall–Kier alpha value is -1.91. The molecule has 2 aromatic rings. The first-order valence-corrected chi connectivity index (χ1v) is 7.28. The molecule has 1 fully saturated rings. The van der Waals surface area contributed by atoms with E-state index in [0.717, 1.165) is 23.3 Å². The molecule has 20 heavy (non-hydrogen) atoms. The molecular weight excluding hydrogens is 250 g/mol. The minimum Gasteiger partial charge on any atom is -0.381 e. The summed E-state index contributed by atoms with van der Waals surface area (Å²) in [5.41, 5.74) is 1.08. The van der Waals surface area contributed by atoms with Crippen molar-refractivity contribution in [3.8, 4) is 5.82 Å². The summed E-state index contributed by atoms with van der Waals surface area (Å²) in [4.78, 5) is 8.35. The Morgan fingerprint density at radius 2 is 1.95 bits per heavy atom. The summed E-state index contributed by atoms with van der Waals surface area (Å²) >= 11 is 0.